The van der Waals surface area contributed by atoms with E-state index >= 15 is 0 Å². The van der Waals surface area contributed by atoms with E-state index in [-0.39, 0.29) is 30.2 Å². The summed E-state index contributed by atoms with van der Waals surface area (Å²) in [7, 11) is 0. The van der Waals surface area contributed by atoms with Gasteiger partial charge in [0.25, 0.3) is 5.91 Å². The third-order valence-electron chi connectivity index (χ3n) is 4.31. The van der Waals surface area contributed by atoms with E-state index in [1.165, 1.54) is 0 Å². The van der Waals surface area contributed by atoms with Crippen molar-refractivity contribution in [1.29, 1.82) is 0 Å². The number of hydrogen-bond acceptors (Lipinski definition) is 5. The van der Waals surface area contributed by atoms with E-state index in [1.54, 1.807) is 53.4 Å². The van der Waals surface area contributed by atoms with E-state index < -0.39 is 0 Å². The molecular formula is C19H15ClN4O3. The van der Waals surface area contributed by atoms with Crippen LogP contribution in [0.4, 0.5) is 11.7 Å². The molecule has 1 aromatic heterocycles. The summed E-state index contributed by atoms with van der Waals surface area (Å²) in [6.07, 6.45) is 0.261. The Morgan fingerprint density at radius 2 is 1.85 bits per heavy atom. The molecule has 4 rings (SSSR count). The molecule has 1 unspecified atom stereocenters. The summed E-state index contributed by atoms with van der Waals surface area (Å²) in [6.45, 7) is 0.425. The highest BCUT2D eigenvalue weighted by Gasteiger charge is 2.35. The number of aromatic nitrogens is 2. The number of benzene rings is 2. The van der Waals surface area contributed by atoms with Crippen molar-refractivity contribution in [2.24, 2.45) is 0 Å². The van der Waals surface area contributed by atoms with Crippen LogP contribution in [0.2, 0.25) is 5.02 Å². The topological polar surface area (TPSA) is 88.3 Å². The van der Waals surface area contributed by atoms with E-state index in [0.29, 0.717) is 23.0 Å². The molecule has 8 heteroatoms. The van der Waals surface area contributed by atoms with Gasteiger partial charge in [-0.3, -0.25) is 14.9 Å². The van der Waals surface area contributed by atoms with Gasteiger partial charge in [-0.05, 0) is 36.4 Å². The van der Waals surface area contributed by atoms with Gasteiger partial charge in [0.2, 0.25) is 11.8 Å². The molecule has 136 valence electrons. The van der Waals surface area contributed by atoms with Crippen molar-refractivity contribution < 1.29 is 14.0 Å². The summed E-state index contributed by atoms with van der Waals surface area (Å²) in [4.78, 5) is 26.2. The van der Waals surface area contributed by atoms with E-state index in [4.69, 9.17) is 16.0 Å². The smallest absolute Gasteiger partial charge is 0.322 e. The average Bonchev–Trinajstić information content (AvgIpc) is 3.30. The fourth-order valence-corrected chi connectivity index (χ4v) is 3.08. The van der Waals surface area contributed by atoms with Gasteiger partial charge in [0.1, 0.15) is 0 Å². The monoisotopic (exact) mass is 382 g/mol. The second kappa shape index (κ2) is 7.20. The maximum Gasteiger partial charge on any atom is 0.322 e. The molecule has 1 aliphatic rings. The van der Waals surface area contributed by atoms with Gasteiger partial charge in [-0.25, -0.2) is 0 Å². The fraction of sp³-hybridized carbons (Fsp3) is 0.158. The van der Waals surface area contributed by atoms with Crippen LogP contribution in [0.3, 0.4) is 0 Å². The van der Waals surface area contributed by atoms with Gasteiger partial charge < -0.3 is 9.32 Å². The summed E-state index contributed by atoms with van der Waals surface area (Å²) >= 11 is 5.90. The van der Waals surface area contributed by atoms with Crippen LogP contribution in [0.1, 0.15) is 28.6 Å². The average molecular weight is 383 g/mol. The van der Waals surface area contributed by atoms with Gasteiger partial charge in [-0.2, -0.15) is 0 Å². The highest BCUT2D eigenvalue weighted by molar-refractivity contribution is 6.30. The van der Waals surface area contributed by atoms with Crippen molar-refractivity contribution in [3.8, 4) is 0 Å². The molecule has 1 fully saturated rings. The first-order valence-electron chi connectivity index (χ1n) is 8.36. The van der Waals surface area contributed by atoms with E-state index in [0.717, 1.165) is 5.69 Å². The largest absolute Gasteiger partial charge is 0.407 e. The summed E-state index contributed by atoms with van der Waals surface area (Å²) in [5.41, 5.74) is 1.26. The first kappa shape index (κ1) is 17.2. The van der Waals surface area contributed by atoms with E-state index in [1.807, 2.05) is 6.07 Å². The fourth-order valence-electron chi connectivity index (χ4n) is 2.95. The van der Waals surface area contributed by atoms with E-state index in [2.05, 4.69) is 15.5 Å². The van der Waals surface area contributed by atoms with Crippen LogP contribution < -0.4 is 10.2 Å². The molecule has 7 nitrogen and oxygen atoms in total. The zero-order valence-corrected chi connectivity index (χ0v) is 14.9. The Labute approximate surface area is 160 Å². The standard InChI is InChI=1S/C19H15ClN4O3/c20-14-6-8-15(9-7-14)24-11-13(10-16(24)25)18-22-23-19(27-18)21-17(26)12-4-2-1-3-5-12/h1-9,13H,10-11H2,(H,21,23,26). The van der Waals surface area contributed by atoms with Crippen molar-refractivity contribution in [1.82, 2.24) is 10.2 Å². The Kier molecular flexibility index (Phi) is 4.60. The van der Waals surface area contributed by atoms with Crippen LogP contribution in [0, 0.1) is 0 Å². The van der Waals surface area contributed by atoms with Crippen LogP contribution in [0.5, 0.6) is 0 Å². The lowest BCUT2D eigenvalue weighted by atomic mass is 10.1. The summed E-state index contributed by atoms with van der Waals surface area (Å²) < 4.78 is 5.56. The molecule has 0 saturated carbocycles. The Morgan fingerprint density at radius 1 is 1.11 bits per heavy atom. The van der Waals surface area contributed by atoms with Crippen LogP contribution in [-0.4, -0.2) is 28.6 Å². The van der Waals surface area contributed by atoms with E-state index in [9.17, 15) is 9.59 Å². The van der Waals surface area contributed by atoms with Crippen molar-refractivity contribution in [3.05, 3.63) is 71.1 Å². The third-order valence-corrected chi connectivity index (χ3v) is 4.56. The van der Waals surface area contributed by atoms with Crippen molar-refractivity contribution >= 4 is 35.1 Å². The molecular weight excluding hydrogens is 368 g/mol. The minimum Gasteiger partial charge on any atom is -0.407 e. The number of anilines is 2. The number of rotatable bonds is 4. The number of carbonyl (C=O) groups excluding carboxylic acids is 2. The Bertz CT molecular complexity index is 972. The van der Waals surface area contributed by atoms with Crippen molar-refractivity contribution in [2.75, 3.05) is 16.8 Å². The Hall–Kier alpha value is -3.19. The van der Waals surface area contributed by atoms with Crippen LogP contribution >= 0.6 is 11.6 Å². The number of hydrogen-bond donors (Lipinski definition) is 1. The zero-order chi connectivity index (χ0) is 18.8. The molecule has 3 aromatic rings. The molecule has 0 aliphatic carbocycles. The predicted octanol–water partition coefficient (Wildman–Crippen LogP) is 3.50. The lowest BCUT2D eigenvalue weighted by Crippen LogP contribution is -2.24. The highest BCUT2D eigenvalue weighted by atomic mass is 35.5. The maximum absolute atomic E-state index is 12.3. The lowest BCUT2D eigenvalue weighted by Gasteiger charge is -2.15. The summed E-state index contributed by atoms with van der Waals surface area (Å²) in [6, 6.07) is 15.8. The molecule has 0 bridgehead atoms. The molecule has 1 N–H and O–H groups in total. The maximum atomic E-state index is 12.3. The summed E-state index contributed by atoms with van der Waals surface area (Å²) in [5, 5.41) is 11.0. The summed E-state index contributed by atoms with van der Waals surface area (Å²) in [5.74, 6) is -0.280. The molecule has 2 aromatic carbocycles. The van der Waals surface area contributed by atoms with Crippen LogP contribution in [0.15, 0.2) is 59.0 Å². The molecule has 1 saturated heterocycles. The minimum absolute atomic E-state index is 0.0104. The van der Waals surface area contributed by atoms with Gasteiger partial charge in [0.05, 0.1) is 5.92 Å². The molecule has 2 amide bonds. The van der Waals surface area contributed by atoms with Crippen molar-refractivity contribution in [3.63, 3.8) is 0 Å². The second-order valence-electron chi connectivity index (χ2n) is 6.15. The van der Waals surface area contributed by atoms with Crippen molar-refractivity contribution in [2.45, 2.75) is 12.3 Å². The predicted molar refractivity (Wildman–Crippen MR) is 99.9 cm³/mol. The zero-order valence-electron chi connectivity index (χ0n) is 14.1. The second-order valence-corrected chi connectivity index (χ2v) is 6.58. The van der Waals surface area contributed by atoms with Gasteiger partial charge in [0, 0.05) is 29.2 Å². The number of nitrogens with one attached hydrogen (secondary N) is 1. The Morgan fingerprint density at radius 3 is 2.59 bits per heavy atom. The minimum atomic E-state index is -0.337. The molecule has 1 aliphatic heterocycles. The first-order valence-corrected chi connectivity index (χ1v) is 8.73. The number of nitrogens with zero attached hydrogens (tertiary/aromatic N) is 3. The van der Waals surface area contributed by atoms with Gasteiger partial charge in [0.15, 0.2) is 0 Å². The number of amides is 2. The molecule has 1 atom stereocenters. The number of carbonyl (C=O) groups is 2. The van der Waals surface area contributed by atoms with Gasteiger partial charge in [-0.1, -0.05) is 34.9 Å². The third kappa shape index (κ3) is 3.68. The number of halogens is 1. The first-order chi connectivity index (χ1) is 13.1. The molecule has 2 heterocycles. The Balaban J connectivity index is 1.45. The van der Waals surface area contributed by atoms with Gasteiger partial charge >= 0.3 is 6.01 Å². The molecule has 0 radical (unpaired) electrons. The highest BCUT2D eigenvalue weighted by Crippen LogP contribution is 2.32. The van der Waals surface area contributed by atoms with Gasteiger partial charge in [-0.15, -0.1) is 5.10 Å². The molecule has 27 heavy (non-hydrogen) atoms. The SMILES string of the molecule is O=C(Nc1nnc(C2CC(=O)N(c3ccc(Cl)cc3)C2)o1)c1ccccc1. The lowest BCUT2D eigenvalue weighted by molar-refractivity contribution is -0.117. The van der Waals surface area contributed by atoms with Crippen LogP contribution in [0.25, 0.3) is 0 Å². The molecule has 0 spiro atoms. The quantitative estimate of drug-likeness (QED) is 0.746. The normalized spacial score (nSPS) is 16.6. The van der Waals surface area contributed by atoms with Crippen LogP contribution in [-0.2, 0) is 4.79 Å².